The van der Waals surface area contributed by atoms with E-state index in [0.29, 0.717) is 19.4 Å². The number of anilines is 1. The summed E-state index contributed by atoms with van der Waals surface area (Å²) >= 11 is 0. The van der Waals surface area contributed by atoms with Gasteiger partial charge in [0.25, 0.3) is 5.56 Å². The number of rotatable bonds is 4. The van der Waals surface area contributed by atoms with Crippen LogP contribution in [0.2, 0.25) is 0 Å². The summed E-state index contributed by atoms with van der Waals surface area (Å²) in [6.07, 6.45) is 0.320. The van der Waals surface area contributed by atoms with E-state index >= 15 is 0 Å². The summed E-state index contributed by atoms with van der Waals surface area (Å²) in [6, 6.07) is 0.888. The van der Waals surface area contributed by atoms with Gasteiger partial charge < -0.3 is 15.0 Å². The predicted octanol–water partition coefficient (Wildman–Crippen LogP) is -0.754. The van der Waals surface area contributed by atoms with E-state index in [2.05, 4.69) is 10.1 Å². The minimum atomic E-state index is -0.919. The van der Waals surface area contributed by atoms with Crippen LogP contribution in [0.15, 0.2) is 4.79 Å². The van der Waals surface area contributed by atoms with Gasteiger partial charge in [-0.3, -0.25) is 23.7 Å². The Morgan fingerprint density at radius 2 is 2.16 bits per heavy atom. The van der Waals surface area contributed by atoms with Crippen LogP contribution in [0.3, 0.4) is 0 Å². The zero-order valence-corrected chi connectivity index (χ0v) is 14.2. The standard InChI is InChI=1S/C16H18N4O5/c1-9-10(7-17)16(24)19(2)15(11(9)8-21)20-5-4-18-14(23)12(20)6-13(22)25-3/h8,12H,4-6H2,1-3H3,(H,18,23). The fraction of sp³-hybridized carbons (Fsp3) is 0.438. The van der Waals surface area contributed by atoms with Gasteiger partial charge in [-0.15, -0.1) is 0 Å². The number of hydrogen-bond donors (Lipinski definition) is 1. The quantitative estimate of drug-likeness (QED) is 0.562. The Kier molecular flexibility index (Phi) is 5.22. The molecule has 0 aliphatic carbocycles. The van der Waals surface area contributed by atoms with Gasteiger partial charge in [0, 0.05) is 20.1 Å². The monoisotopic (exact) mass is 346 g/mol. The Hall–Kier alpha value is -3.15. The van der Waals surface area contributed by atoms with E-state index in [0.717, 1.165) is 4.57 Å². The summed E-state index contributed by atoms with van der Waals surface area (Å²) in [6.45, 7) is 2.10. The maximum Gasteiger partial charge on any atom is 0.308 e. The third-order valence-electron chi connectivity index (χ3n) is 4.28. The fourth-order valence-corrected chi connectivity index (χ4v) is 2.94. The van der Waals surface area contributed by atoms with Gasteiger partial charge in [-0.25, -0.2) is 0 Å². The van der Waals surface area contributed by atoms with Crippen LogP contribution < -0.4 is 15.8 Å². The van der Waals surface area contributed by atoms with E-state index in [1.165, 1.54) is 26.0 Å². The molecule has 1 aromatic rings. The number of nitrogens with zero attached hydrogens (tertiary/aromatic N) is 3. The third kappa shape index (κ3) is 3.10. The normalized spacial score (nSPS) is 16.8. The minimum Gasteiger partial charge on any atom is -0.469 e. The van der Waals surface area contributed by atoms with Gasteiger partial charge in [0.15, 0.2) is 6.29 Å². The number of ether oxygens (including phenoxy) is 1. The molecular formula is C16H18N4O5. The molecule has 1 N–H and O–H groups in total. The second-order valence-corrected chi connectivity index (χ2v) is 5.61. The Morgan fingerprint density at radius 3 is 2.72 bits per heavy atom. The van der Waals surface area contributed by atoms with Crippen molar-refractivity contribution in [1.29, 1.82) is 5.26 Å². The highest BCUT2D eigenvalue weighted by Crippen LogP contribution is 2.26. The molecule has 1 saturated heterocycles. The van der Waals surface area contributed by atoms with Crippen LogP contribution in [0.4, 0.5) is 5.82 Å². The number of aromatic nitrogens is 1. The van der Waals surface area contributed by atoms with E-state index < -0.39 is 23.5 Å². The highest BCUT2D eigenvalue weighted by molar-refractivity contribution is 5.93. The van der Waals surface area contributed by atoms with Crippen molar-refractivity contribution in [2.45, 2.75) is 19.4 Å². The lowest BCUT2D eigenvalue weighted by atomic mass is 10.0. The lowest BCUT2D eigenvalue weighted by Gasteiger charge is -2.37. The second-order valence-electron chi connectivity index (χ2n) is 5.61. The van der Waals surface area contributed by atoms with Gasteiger partial charge in [0.1, 0.15) is 23.5 Å². The molecule has 0 spiro atoms. The molecule has 1 unspecified atom stereocenters. The van der Waals surface area contributed by atoms with Crippen molar-refractivity contribution in [3.8, 4) is 6.07 Å². The molecular weight excluding hydrogens is 328 g/mol. The van der Waals surface area contributed by atoms with Crippen molar-refractivity contribution in [2.75, 3.05) is 25.1 Å². The summed E-state index contributed by atoms with van der Waals surface area (Å²) in [5, 5.41) is 11.8. The topological polar surface area (TPSA) is 122 Å². The van der Waals surface area contributed by atoms with Gasteiger partial charge in [-0.2, -0.15) is 5.26 Å². The molecule has 0 aromatic carbocycles. The third-order valence-corrected chi connectivity index (χ3v) is 4.28. The average molecular weight is 346 g/mol. The molecule has 1 atom stereocenters. The smallest absolute Gasteiger partial charge is 0.308 e. The molecule has 9 heteroatoms. The lowest BCUT2D eigenvalue weighted by Crippen LogP contribution is -2.57. The van der Waals surface area contributed by atoms with Crippen molar-refractivity contribution < 1.29 is 19.1 Å². The van der Waals surface area contributed by atoms with Crippen LogP contribution >= 0.6 is 0 Å². The zero-order chi connectivity index (χ0) is 18.7. The number of piperazine rings is 1. The number of aldehydes is 1. The summed E-state index contributed by atoms with van der Waals surface area (Å²) in [4.78, 5) is 49.5. The van der Waals surface area contributed by atoms with E-state index in [1.807, 2.05) is 0 Å². The van der Waals surface area contributed by atoms with Gasteiger partial charge >= 0.3 is 5.97 Å². The number of carbonyl (C=O) groups is 3. The predicted molar refractivity (Wildman–Crippen MR) is 87.3 cm³/mol. The number of methoxy groups -OCH3 is 1. The Bertz CT molecular complexity index is 836. The summed E-state index contributed by atoms with van der Waals surface area (Å²) in [5.74, 6) is -0.779. The molecule has 1 aliphatic heterocycles. The molecule has 2 rings (SSSR count). The molecule has 9 nitrogen and oxygen atoms in total. The first-order chi connectivity index (χ1) is 11.9. The molecule has 25 heavy (non-hydrogen) atoms. The summed E-state index contributed by atoms with van der Waals surface area (Å²) in [7, 11) is 2.64. The van der Waals surface area contributed by atoms with Crippen LogP contribution in [-0.2, 0) is 21.4 Å². The van der Waals surface area contributed by atoms with Gasteiger partial charge in [-0.05, 0) is 12.5 Å². The van der Waals surface area contributed by atoms with Crippen LogP contribution in [0.1, 0.15) is 27.9 Å². The van der Waals surface area contributed by atoms with Gasteiger partial charge in [-0.1, -0.05) is 0 Å². The van der Waals surface area contributed by atoms with E-state index in [4.69, 9.17) is 0 Å². The number of nitrogens with one attached hydrogen (secondary N) is 1. The van der Waals surface area contributed by atoms with E-state index in [1.54, 1.807) is 6.07 Å². The van der Waals surface area contributed by atoms with Crippen LogP contribution in [0, 0.1) is 18.3 Å². The van der Waals surface area contributed by atoms with Crippen molar-refractivity contribution in [2.24, 2.45) is 7.05 Å². The molecule has 0 saturated carbocycles. The maximum absolute atomic E-state index is 12.4. The molecule has 1 aliphatic rings. The van der Waals surface area contributed by atoms with Crippen LogP contribution in [-0.4, -0.2) is 49.0 Å². The number of hydrogen-bond acceptors (Lipinski definition) is 7. The zero-order valence-electron chi connectivity index (χ0n) is 14.2. The molecule has 1 aromatic heterocycles. The minimum absolute atomic E-state index is 0.126. The van der Waals surface area contributed by atoms with Crippen molar-refractivity contribution in [1.82, 2.24) is 9.88 Å². The first kappa shape index (κ1) is 18.2. The average Bonchev–Trinajstić information content (AvgIpc) is 2.60. The largest absolute Gasteiger partial charge is 0.469 e. The Balaban J connectivity index is 2.68. The number of carbonyl (C=O) groups excluding carboxylic acids is 3. The maximum atomic E-state index is 12.4. The number of amides is 1. The number of esters is 1. The molecule has 1 amide bonds. The van der Waals surface area contributed by atoms with Crippen molar-refractivity contribution in [3.63, 3.8) is 0 Å². The van der Waals surface area contributed by atoms with Crippen molar-refractivity contribution in [3.05, 3.63) is 27.0 Å². The van der Waals surface area contributed by atoms with E-state index in [-0.39, 0.29) is 28.9 Å². The first-order valence-electron chi connectivity index (χ1n) is 7.57. The Morgan fingerprint density at radius 1 is 1.48 bits per heavy atom. The number of pyridine rings is 1. The molecule has 0 radical (unpaired) electrons. The van der Waals surface area contributed by atoms with E-state index in [9.17, 15) is 24.4 Å². The van der Waals surface area contributed by atoms with Gasteiger partial charge in [0.05, 0.1) is 19.1 Å². The number of nitriles is 1. The molecule has 2 heterocycles. The van der Waals surface area contributed by atoms with Crippen LogP contribution in [0.5, 0.6) is 0 Å². The summed E-state index contributed by atoms with van der Waals surface area (Å²) in [5.41, 5.74) is -0.302. The molecule has 132 valence electrons. The Labute approximate surface area is 143 Å². The molecule has 1 fully saturated rings. The lowest BCUT2D eigenvalue weighted by molar-refractivity contribution is -0.143. The first-order valence-corrected chi connectivity index (χ1v) is 7.57. The second kappa shape index (κ2) is 7.17. The SMILES string of the molecule is COC(=O)CC1C(=O)NCCN1c1c(C=O)c(C)c(C#N)c(=O)n1C. The fourth-order valence-electron chi connectivity index (χ4n) is 2.94. The van der Waals surface area contributed by atoms with Crippen LogP contribution in [0.25, 0.3) is 0 Å². The van der Waals surface area contributed by atoms with Crippen molar-refractivity contribution >= 4 is 24.0 Å². The highest BCUT2D eigenvalue weighted by Gasteiger charge is 2.35. The van der Waals surface area contributed by atoms with Gasteiger partial charge in [0.2, 0.25) is 5.91 Å². The summed E-state index contributed by atoms with van der Waals surface area (Å²) < 4.78 is 5.79. The molecule has 0 bridgehead atoms. The highest BCUT2D eigenvalue weighted by atomic mass is 16.5.